The van der Waals surface area contributed by atoms with Gasteiger partial charge in [-0.25, -0.2) is 9.18 Å². The Morgan fingerprint density at radius 3 is 2.31 bits per heavy atom. The quantitative estimate of drug-likeness (QED) is 0.295. The fraction of sp³-hybridized carbons (Fsp3) is 0.0769. The summed E-state index contributed by atoms with van der Waals surface area (Å²) in [5, 5.41) is 11.6. The number of aromatic carboxylic acids is 1. The average molecular weight is 494 g/mol. The van der Waals surface area contributed by atoms with Crippen molar-refractivity contribution in [2.75, 3.05) is 5.32 Å². The molecule has 0 saturated heterocycles. The number of carboxylic acids is 1. The summed E-state index contributed by atoms with van der Waals surface area (Å²) in [5.41, 5.74) is 3.74. The number of amides is 1. The van der Waals surface area contributed by atoms with Crippen LogP contribution >= 0.6 is 15.9 Å². The Balaban J connectivity index is 2.10. The van der Waals surface area contributed by atoms with E-state index in [9.17, 15) is 14.0 Å². The summed E-state index contributed by atoms with van der Waals surface area (Å²) in [4.78, 5) is 24.5. The molecule has 162 valence electrons. The molecule has 0 aliphatic heterocycles. The number of benzene rings is 3. The summed E-state index contributed by atoms with van der Waals surface area (Å²) >= 11 is 3.45. The fourth-order valence-electron chi connectivity index (χ4n) is 3.30. The number of rotatable bonds is 6. The van der Waals surface area contributed by atoms with E-state index in [-0.39, 0.29) is 11.3 Å². The molecule has 0 heterocycles. The van der Waals surface area contributed by atoms with E-state index in [4.69, 9.17) is 5.11 Å². The molecule has 1 amide bonds. The highest BCUT2D eigenvalue weighted by Gasteiger charge is 2.21. The predicted molar refractivity (Wildman–Crippen MR) is 129 cm³/mol. The molecule has 0 saturated carbocycles. The third-order valence-electron chi connectivity index (χ3n) is 5.11. The third-order valence-corrected chi connectivity index (χ3v) is 5.60. The van der Waals surface area contributed by atoms with Crippen molar-refractivity contribution in [2.45, 2.75) is 13.8 Å². The molecule has 0 atom stereocenters. The highest BCUT2D eigenvalue weighted by molar-refractivity contribution is 9.10. The van der Waals surface area contributed by atoms with Crippen LogP contribution in [0, 0.1) is 12.7 Å². The minimum Gasteiger partial charge on any atom is -0.478 e. The van der Waals surface area contributed by atoms with Crippen LogP contribution in [0.5, 0.6) is 0 Å². The maximum absolute atomic E-state index is 14.5. The van der Waals surface area contributed by atoms with Gasteiger partial charge in [-0.2, -0.15) is 0 Å². The standard InChI is InChI=1S/C26H21BrFNO3/c1-15-9-11-20(27)14-21(15)24(17(3)16(2)18-7-5-4-6-8-18)25(30)29-23-12-10-19(26(31)32)13-22(23)28/h4-14H,2H2,1,3H3,(H,29,30)(H,31,32)/b24-17+. The maximum Gasteiger partial charge on any atom is 0.335 e. The topological polar surface area (TPSA) is 66.4 Å². The van der Waals surface area contributed by atoms with Gasteiger partial charge in [-0.05, 0) is 72.0 Å². The number of hydrogen-bond acceptors (Lipinski definition) is 2. The maximum atomic E-state index is 14.5. The van der Waals surface area contributed by atoms with E-state index in [1.54, 1.807) is 6.92 Å². The van der Waals surface area contributed by atoms with Gasteiger partial charge in [0.05, 0.1) is 16.8 Å². The zero-order valence-corrected chi connectivity index (χ0v) is 19.2. The molecular weight excluding hydrogens is 473 g/mol. The smallest absolute Gasteiger partial charge is 0.335 e. The van der Waals surface area contributed by atoms with Crippen molar-refractivity contribution in [1.29, 1.82) is 0 Å². The molecular formula is C26H21BrFNO3. The zero-order chi connectivity index (χ0) is 23.4. The van der Waals surface area contributed by atoms with Gasteiger partial charge in [0.2, 0.25) is 0 Å². The summed E-state index contributed by atoms with van der Waals surface area (Å²) < 4.78 is 15.3. The molecule has 0 aliphatic carbocycles. The summed E-state index contributed by atoms with van der Waals surface area (Å²) in [5.74, 6) is -2.60. The van der Waals surface area contributed by atoms with Crippen molar-refractivity contribution in [3.8, 4) is 0 Å². The van der Waals surface area contributed by atoms with E-state index in [0.29, 0.717) is 22.3 Å². The van der Waals surface area contributed by atoms with Crippen molar-refractivity contribution in [3.05, 3.63) is 111 Å². The first-order chi connectivity index (χ1) is 15.2. The molecule has 0 aromatic heterocycles. The van der Waals surface area contributed by atoms with Crippen LogP contribution in [0.15, 0.2) is 83.4 Å². The number of allylic oxidation sites excluding steroid dienone is 2. The fourth-order valence-corrected chi connectivity index (χ4v) is 3.66. The van der Waals surface area contributed by atoms with Crippen LogP contribution in [-0.2, 0) is 4.79 Å². The molecule has 3 rings (SSSR count). The molecule has 6 heteroatoms. The van der Waals surface area contributed by atoms with Crippen molar-refractivity contribution in [2.24, 2.45) is 0 Å². The van der Waals surface area contributed by atoms with Gasteiger partial charge in [-0.3, -0.25) is 4.79 Å². The number of nitrogens with one attached hydrogen (secondary N) is 1. The lowest BCUT2D eigenvalue weighted by atomic mass is 9.90. The number of carboxylic acid groups (broad SMARTS) is 1. The first-order valence-electron chi connectivity index (χ1n) is 9.75. The predicted octanol–water partition coefficient (Wildman–Crippen LogP) is 6.72. The number of halogens is 2. The van der Waals surface area contributed by atoms with Crippen LogP contribution in [0.3, 0.4) is 0 Å². The van der Waals surface area contributed by atoms with Crippen LogP contribution < -0.4 is 5.32 Å². The van der Waals surface area contributed by atoms with E-state index < -0.39 is 17.7 Å². The van der Waals surface area contributed by atoms with Gasteiger partial charge in [-0.15, -0.1) is 0 Å². The first kappa shape index (κ1) is 23.2. The van der Waals surface area contributed by atoms with Gasteiger partial charge in [0.15, 0.2) is 0 Å². The second kappa shape index (κ2) is 9.75. The SMILES string of the molecule is C=C(/C(C)=C(/C(=O)Nc1ccc(C(=O)O)cc1F)c1cc(Br)ccc1C)c1ccccc1. The van der Waals surface area contributed by atoms with Gasteiger partial charge in [0.25, 0.3) is 5.91 Å². The van der Waals surface area contributed by atoms with Crippen molar-refractivity contribution in [3.63, 3.8) is 0 Å². The van der Waals surface area contributed by atoms with E-state index in [2.05, 4.69) is 27.8 Å². The Morgan fingerprint density at radius 1 is 1.00 bits per heavy atom. The highest BCUT2D eigenvalue weighted by atomic mass is 79.9. The normalized spacial score (nSPS) is 11.5. The lowest BCUT2D eigenvalue weighted by molar-refractivity contribution is -0.111. The second-order valence-corrected chi connectivity index (χ2v) is 8.17. The van der Waals surface area contributed by atoms with E-state index in [1.165, 1.54) is 12.1 Å². The Morgan fingerprint density at radius 2 is 1.69 bits per heavy atom. The van der Waals surface area contributed by atoms with Crippen LogP contribution in [0.4, 0.5) is 10.1 Å². The van der Waals surface area contributed by atoms with Gasteiger partial charge in [0.1, 0.15) is 5.82 Å². The molecule has 0 unspecified atom stereocenters. The Bertz CT molecular complexity index is 1250. The third kappa shape index (κ3) is 5.03. The van der Waals surface area contributed by atoms with Crippen LogP contribution in [0.25, 0.3) is 11.1 Å². The Labute approximate surface area is 194 Å². The van der Waals surface area contributed by atoms with Gasteiger partial charge in [-0.1, -0.05) is 58.9 Å². The number of carbonyl (C=O) groups excluding carboxylic acids is 1. The second-order valence-electron chi connectivity index (χ2n) is 7.26. The molecule has 0 radical (unpaired) electrons. The van der Waals surface area contributed by atoms with Gasteiger partial charge in [0, 0.05) is 4.47 Å². The molecule has 0 spiro atoms. The van der Waals surface area contributed by atoms with Crippen molar-refractivity contribution in [1.82, 2.24) is 0 Å². The van der Waals surface area contributed by atoms with Crippen molar-refractivity contribution < 1.29 is 19.1 Å². The van der Waals surface area contributed by atoms with Crippen molar-refractivity contribution >= 4 is 44.6 Å². The highest BCUT2D eigenvalue weighted by Crippen LogP contribution is 2.33. The largest absolute Gasteiger partial charge is 0.478 e. The molecule has 4 nitrogen and oxygen atoms in total. The number of anilines is 1. The van der Waals surface area contributed by atoms with E-state index >= 15 is 0 Å². The summed E-state index contributed by atoms with van der Waals surface area (Å²) in [6.07, 6.45) is 0. The molecule has 3 aromatic rings. The molecule has 32 heavy (non-hydrogen) atoms. The molecule has 3 aromatic carbocycles. The zero-order valence-electron chi connectivity index (χ0n) is 17.6. The number of aryl methyl sites for hydroxylation is 1. The van der Waals surface area contributed by atoms with Crippen LogP contribution in [0.2, 0.25) is 0 Å². The number of hydrogen-bond donors (Lipinski definition) is 2. The van der Waals surface area contributed by atoms with Crippen LogP contribution in [0.1, 0.15) is 34.0 Å². The van der Waals surface area contributed by atoms with E-state index in [1.807, 2.05) is 55.5 Å². The molecule has 2 N–H and O–H groups in total. The summed E-state index contributed by atoms with van der Waals surface area (Å²) in [7, 11) is 0. The lowest BCUT2D eigenvalue weighted by Crippen LogP contribution is -2.17. The first-order valence-corrected chi connectivity index (χ1v) is 10.5. The monoisotopic (exact) mass is 493 g/mol. The Hall–Kier alpha value is -3.51. The summed E-state index contributed by atoms with van der Waals surface area (Å²) in [6, 6.07) is 18.4. The van der Waals surface area contributed by atoms with Gasteiger partial charge >= 0.3 is 5.97 Å². The lowest BCUT2D eigenvalue weighted by Gasteiger charge is -2.18. The number of carbonyl (C=O) groups is 2. The molecule has 0 fully saturated rings. The van der Waals surface area contributed by atoms with Crippen LogP contribution in [-0.4, -0.2) is 17.0 Å². The Kier molecular flexibility index (Phi) is 7.05. The van der Waals surface area contributed by atoms with E-state index in [0.717, 1.165) is 21.7 Å². The molecule has 0 aliphatic rings. The minimum absolute atomic E-state index is 0.108. The minimum atomic E-state index is -1.25. The van der Waals surface area contributed by atoms with Gasteiger partial charge < -0.3 is 10.4 Å². The summed E-state index contributed by atoms with van der Waals surface area (Å²) in [6.45, 7) is 7.86. The average Bonchev–Trinajstić information content (AvgIpc) is 2.77. The molecule has 0 bridgehead atoms.